The molecule has 1 fully saturated rings. The van der Waals surface area contributed by atoms with Gasteiger partial charge in [0.15, 0.2) is 0 Å². The van der Waals surface area contributed by atoms with Gasteiger partial charge in [0.25, 0.3) is 0 Å². The number of hydrogen-bond acceptors (Lipinski definition) is 4. The van der Waals surface area contributed by atoms with Crippen LogP contribution in [0.3, 0.4) is 0 Å². The summed E-state index contributed by atoms with van der Waals surface area (Å²) in [6.07, 6.45) is 0. The number of benzene rings is 2. The van der Waals surface area contributed by atoms with Crippen molar-refractivity contribution in [2.24, 2.45) is 0 Å². The number of piperazine rings is 1. The Morgan fingerprint density at radius 2 is 1.79 bits per heavy atom. The molecule has 1 aliphatic heterocycles. The highest BCUT2D eigenvalue weighted by Gasteiger charge is 2.32. The third kappa shape index (κ3) is 4.83. The molecule has 0 spiro atoms. The monoisotopic (exact) mass is 395 g/mol. The molecule has 2 aromatic rings. The van der Waals surface area contributed by atoms with E-state index in [9.17, 15) is 14.7 Å². The summed E-state index contributed by atoms with van der Waals surface area (Å²) in [4.78, 5) is 28.5. The zero-order valence-corrected chi connectivity index (χ0v) is 17.3. The number of aromatic carboxylic acids is 1. The zero-order valence-electron chi connectivity index (χ0n) is 17.3. The Bertz CT molecular complexity index is 864. The molecule has 0 unspecified atom stereocenters. The second-order valence-corrected chi connectivity index (χ2v) is 7.74. The van der Waals surface area contributed by atoms with Gasteiger partial charge in [0.1, 0.15) is 6.04 Å². The van der Waals surface area contributed by atoms with Crippen LogP contribution in [-0.2, 0) is 11.3 Å². The van der Waals surface area contributed by atoms with E-state index in [2.05, 4.69) is 29.0 Å². The highest BCUT2D eigenvalue weighted by molar-refractivity contribution is 5.96. The first-order valence-corrected chi connectivity index (χ1v) is 10.0. The maximum atomic E-state index is 12.4. The number of carbonyl (C=O) groups excluding carboxylic acids is 1. The van der Waals surface area contributed by atoms with Crippen LogP contribution in [0.1, 0.15) is 29.8 Å². The topological polar surface area (TPSA) is 72.9 Å². The van der Waals surface area contributed by atoms with Crippen LogP contribution in [0.15, 0.2) is 48.5 Å². The van der Waals surface area contributed by atoms with E-state index in [1.165, 1.54) is 0 Å². The van der Waals surface area contributed by atoms with Crippen molar-refractivity contribution in [1.29, 1.82) is 0 Å². The molecule has 1 amide bonds. The lowest BCUT2D eigenvalue weighted by molar-refractivity contribution is -0.129. The molecule has 2 aromatic carbocycles. The minimum atomic E-state index is -0.930. The second-order valence-electron chi connectivity index (χ2n) is 7.74. The van der Waals surface area contributed by atoms with E-state index in [-0.39, 0.29) is 11.9 Å². The summed E-state index contributed by atoms with van der Waals surface area (Å²) in [6, 6.07) is 15.2. The van der Waals surface area contributed by atoms with E-state index in [1.807, 2.05) is 36.4 Å². The van der Waals surface area contributed by atoms with Gasteiger partial charge in [-0.25, -0.2) is 4.79 Å². The summed E-state index contributed by atoms with van der Waals surface area (Å²) in [6.45, 7) is 7.50. The van der Waals surface area contributed by atoms with Gasteiger partial charge in [-0.15, -0.1) is 0 Å². The predicted molar refractivity (Wildman–Crippen MR) is 114 cm³/mol. The van der Waals surface area contributed by atoms with Crippen LogP contribution in [0.4, 0.5) is 0 Å². The summed E-state index contributed by atoms with van der Waals surface area (Å²) in [5, 5.41) is 12.2. The Morgan fingerprint density at radius 3 is 2.41 bits per heavy atom. The number of rotatable bonds is 6. The fourth-order valence-corrected chi connectivity index (χ4v) is 3.86. The Morgan fingerprint density at radius 1 is 1.10 bits per heavy atom. The number of likely N-dealkylation sites (N-methyl/N-ethyl adjacent to an activating group) is 1. The minimum Gasteiger partial charge on any atom is -0.478 e. The number of carboxylic acids is 1. The van der Waals surface area contributed by atoms with Gasteiger partial charge in [-0.1, -0.05) is 42.5 Å². The average Bonchev–Trinajstić information content (AvgIpc) is 2.73. The summed E-state index contributed by atoms with van der Waals surface area (Å²) >= 11 is 0. The van der Waals surface area contributed by atoms with Crippen LogP contribution in [0.2, 0.25) is 0 Å². The van der Waals surface area contributed by atoms with Crippen molar-refractivity contribution in [2.45, 2.75) is 32.5 Å². The number of amides is 1. The molecule has 154 valence electrons. The van der Waals surface area contributed by atoms with Crippen LogP contribution < -0.4 is 5.32 Å². The van der Waals surface area contributed by atoms with Crippen molar-refractivity contribution in [3.05, 3.63) is 59.7 Å². The van der Waals surface area contributed by atoms with E-state index in [0.717, 1.165) is 30.8 Å². The Hall–Kier alpha value is -2.70. The maximum absolute atomic E-state index is 12.4. The number of carbonyl (C=O) groups is 2. The van der Waals surface area contributed by atoms with Crippen LogP contribution in [0.25, 0.3) is 11.1 Å². The van der Waals surface area contributed by atoms with Gasteiger partial charge in [0.05, 0.1) is 5.56 Å². The highest BCUT2D eigenvalue weighted by atomic mass is 16.4. The molecule has 0 bridgehead atoms. The number of nitrogens with zero attached hydrogens (tertiary/aromatic N) is 2. The smallest absolute Gasteiger partial charge is 0.336 e. The van der Waals surface area contributed by atoms with Gasteiger partial charge >= 0.3 is 5.97 Å². The van der Waals surface area contributed by atoms with Gasteiger partial charge < -0.3 is 10.4 Å². The van der Waals surface area contributed by atoms with Crippen molar-refractivity contribution in [1.82, 2.24) is 15.1 Å². The third-order valence-electron chi connectivity index (χ3n) is 5.61. The molecule has 29 heavy (non-hydrogen) atoms. The lowest BCUT2D eigenvalue weighted by Crippen LogP contribution is -2.59. The minimum absolute atomic E-state index is 0.0438. The second kappa shape index (κ2) is 9.20. The number of carboxylic acid groups (broad SMARTS) is 1. The fraction of sp³-hybridized carbons (Fsp3) is 0.391. The molecule has 1 aliphatic rings. The van der Waals surface area contributed by atoms with E-state index < -0.39 is 5.97 Å². The SMILES string of the molecule is CNC(=O)[C@H]1CN(C(C)C)CCN1Cc1ccc(-c2ccccc2C(=O)O)cc1. The summed E-state index contributed by atoms with van der Waals surface area (Å²) < 4.78 is 0. The van der Waals surface area contributed by atoms with Crippen LogP contribution in [0.5, 0.6) is 0 Å². The Labute approximate surface area is 172 Å². The first-order valence-electron chi connectivity index (χ1n) is 10.0. The van der Waals surface area contributed by atoms with E-state index in [0.29, 0.717) is 23.7 Å². The van der Waals surface area contributed by atoms with Crippen molar-refractivity contribution in [3.8, 4) is 11.1 Å². The van der Waals surface area contributed by atoms with Crippen molar-refractivity contribution < 1.29 is 14.7 Å². The van der Waals surface area contributed by atoms with E-state index in [1.54, 1.807) is 19.2 Å². The van der Waals surface area contributed by atoms with Crippen LogP contribution >= 0.6 is 0 Å². The maximum Gasteiger partial charge on any atom is 0.336 e. The number of nitrogens with one attached hydrogen (secondary N) is 1. The van der Waals surface area contributed by atoms with Crippen molar-refractivity contribution in [2.75, 3.05) is 26.7 Å². The van der Waals surface area contributed by atoms with Gasteiger partial charge in [-0.05, 0) is 36.6 Å². The molecule has 1 saturated heterocycles. The molecule has 1 atom stereocenters. The standard InChI is InChI=1S/C23H29N3O3/c1-16(2)25-12-13-26(21(15-25)22(27)24-3)14-17-8-10-18(11-9-17)19-6-4-5-7-20(19)23(28)29/h4-11,16,21H,12-15H2,1-3H3,(H,24,27)(H,28,29)/t21-/m1/s1. The van der Waals surface area contributed by atoms with Crippen molar-refractivity contribution >= 4 is 11.9 Å². The Kier molecular flexibility index (Phi) is 6.67. The average molecular weight is 396 g/mol. The normalized spacial score (nSPS) is 18.0. The van der Waals surface area contributed by atoms with Gasteiger partial charge in [0.2, 0.25) is 5.91 Å². The molecule has 6 nitrogen and oxygen atoms in total. The number of hydrogen-bond donors (Lipinski definition) is 2. The first-order chi connectivity index (χ1) is 13.9. The lowest BCUT2D eigenvalue weighted by atomic mass is 9.98. The molecule has 0 saturated carbocycles. The molecule has 0 radical (unpaired) electrons. The van der Waals surface area contributed by atoms with E-state index >= 15 is 0 Å². The van der Waals surface area contributed by atoms with E-state index in [4.69, 9.17) is 0 Å². The van der Waals surface area contributed by atoms with Gasteiger partial charge in [-0.2, -0.15) is 0 Å². The lowest BCUT2D eigenvalue weighted by Gasteiger charge is -2.42. The van der Waals surface area contributed by atoms with Crippen LogP contribution in [0, 0.1) is 0 Å². The largest absolute Gasteiger partial charge is 0.478 e. The Balaban J connectivity index is 1.77. The molecule has 2 N–H and O–H groups in total. The van der Waals surface area contributed by atoms with Crippen LogP contribution in [-0.4, -0.2) is 65.5 Å². The highest BCUT2D eigenvalue weighted by Crippen LogP contribution is 2.25. The molecule has 1 heterocycles. The quantitative estimate of drug-likeness (QED) is 0.787. The van der Waals surface area contributed by atoms with Gasteiger partial charge in [0, 0.05) is 39.3 Å². The predicted octanol–water partition coefficient (Wildman–Crippen LogP) is 2.69. The molecular weight excluding hydrogens is 366 g/mol. The molecular formula is C23H29N3O3. The summed E-state index contributed by atoms with van der Waals surface area (Å²) in [5.74, 6) is -0.886. The summed E-state index contributed by atoms with van der Waals surface area (Å²) in [5.41, 5.74) is 2.98. The third-order valence-corrected chi connectivity index (χ3v) is 5.61. The molecule has 6 heteroatoms. The zero-order chi connectivity index (χ0) is 21.0. The van der Waals surface area contributed by atoms with Crippen molar-refractivity contribution in [3.63, 3.8) is 0 Å². The molecule has 0 aromatic heterocycles. The molecule has 0 aliphatic carbocycles. The molecule has 3 rings (SSSR count). The fourth-order valence-electron chi connectivity index (χ4n) is 3.86. The summed E-state index contributed by atoms with van der Waals surface area (Å²) in [7, 11) is 1.68. The van der Waals surface area contributed by atoms with Gasteiger partial charge in [-0.3, -0.25) is 14.6 Å². The first kappa shape index (κ1) is 21.0.